The number of rotatable bonds is 7. The highest BCUT2D eigenvalue weighted by Crippen LogP contribution is 2.34. The van der Waals surface area contributed by atoms with Crippen LogP contribution in [0.2, 0.25) is 0 Å². The quantitative estimate of drug-likeness (QED) is 0.477. The molecule has 3 N–H and O–H groups in total. The zero-order valence-electron chi connectivity index (χ0n) is 19.1. The fraction of sp³-hybridized carbons (Fsp3) is 0.250. The van der Waals surface area contributed by atoms with Gasteiger partial charge in [0.15, 0.2) is 17.7 Å². The minimum Gasteiger partial charge on any atom is -0.454 e. The van der Waals surface area contributed by atoms with E-state index in [0.29, 0.717) is 18.0 Å². The van der Waals surface area contributed by atoms with E-state index in [1.807, 2.05) is 24.3 Å². The lowest BCUT2D eigenvalue weighted by molar-refractivity contribution is -0.127. The Morgan fingerprint density at radius 1 is 1.03 bits per heavy atom. The summed E-state index contributed by atoms with van der Waals surface area (Å²) in [4.78, 5) is 28.2. The summed E-state index contributed by atoms with van der Waals surface area (Å²) in [6.07, 6.45) is -1.35. The molecular formula is C24H24N4O6S2. The molecule has 2 amide bonds. The van der Waals surface area contributed by atoms with Crippen LogP contribution in [0.25, 0.3) is 0 Å². The average molecular weight is 529 g/mol. The second-order valence-electron chi connectivity index (χ2n) is 8.23. The maximum absolute atomic E-state index is 13.5. The minimum atomic E-state index is -4.01. The van der Waals surface area contributed by atoms with E-state index in [-0.39, 0.29) is 36.2 Å². The third-order valence-corrected chi connectivity index (χ3v) is 9.22. The molecule has 0 bridgehead atoms. The van der Waals surface area contributed by atoms with Crippen LogP contribution in [-0.2, 0) is 27.9 Å². The molecule has 0 spiro atoms. The number of amides is 2. The maximum Gasteiger partial charge on any atom is 0.259 e. The van der Waals surface area contributed by atoms with E-state index in [1.54, 1.807) is 23.6 Å². The maximum atomic E-state index is 13.5. The van der Waals surface area contributed by atoms with Crippen molar-refractivity contribution in [3.8, 4) is 11.5 Å². The topological polar surface area (TPSA) is 131 Å². The van der Waals surface area contributed by atoms with Crippen LogP contribution in [0.4, 0.5) is 0 Å². The lowest BCUT2D eigenvalue weighted by atomic mass is 10.1. The Bertz CT molecular complexity index is 1390. The van der Waals surface area contributed by atoms with Gasteiger partial charge in [-0.2, -0.15) is 4.31 Å². The molecule has 36 heavy (non-hydrogen) atoms. The first-order chi connectivity index (χ1) is 17.4. The molecule has 2 aliphatic rings. The number of sulfonamides is 1. The lowest BCUT2D eigenvalue weighted by Crippen LogP contribution is -2.53. The Morgan fingerprint density at radius 2 is 1.83 bits per heavy atom. The van der Waals surface area contributed by atoms with Crippen LogP contribution in [0.15, 0.2) is 64.2 Å². The van der Waals surface area contributed by atoms with E-state index in [9.17, 15) is 18.0 Å². The van der Waals surface area contributed by atoms with Crippen LogP contribution in [0.1, 0.15) is 21.5 Å². The monoisotopic (exact) mass is 528 g/mol. The molecule has 1 unspecified atom stereocenters. The van der Waals surface area contributed by atoms with E-state index in [0.717, 1.165) is 26.8 Å². The van der Waals surface area contributed by atoms with Crippen LogP contribution >= 0.6 is 11.3 Å². The highest BCUT2D eigenvalue weighted by atomic mass is 32.2. The molecule has 1 fully saturated rings. The molecule has 0 saturated carbocycles. The van der Waals surface area contributed by atoms with Crippen molar-refractivity contribution in [1.29, 1.82) is 0 Å². The SMILES string of the molecule is NCc1cccc(CNC(=O)C2N(C(=O)c3ccc4c(c3)OCO4)CCN2S(=O)(=O)c2cccs2)c1. The number of fused-ring (bicyclic) bond motifs is 1. The highest BCUT2D eigenvalue weighted by Gasteiger charge is 2.47. The predicted molar refractivity (Wildman–Crippen MR) is 132 cm³/mol. The zero-order chi connectivity index (χ0) is 25.3. The van der Waals surface area contributed by atoms with Gasteiger partial charge in [-0.05, 0) is 40.8 Å². The van der Waals surface area contributed by atoms with Gasteiger partial charge in [0.05, 0.1) is 0 Å². The van der Waals surface area contributed by atoms with Crippen molar-refractivity contribution in [3.05, 3.63) is 76.7 Å². The van der Waals surface area contributed by atoms with Crippen molar-refractivity contribution >= 4 is 33.2 Å². The summed E-state index contributed by atoms with van der Waals surface area (Å²) in [7, 11) is -4.01. The van der Waals surface area contributed by atoms with Crippen molar-refractivity contribution in [3.63, 3.8) is 0 Å². The van der Waals surface area contributed by atoms with Gasteiger partial charge in [0, 0.05) is 31.7 Å². The van der Waals surface area contributed by atoms with E-state index >= 15 is 0 Å². The third kappa shape index (κ3) is 4.55. The van der Waals surface area contributed by atoms with Crippen molar-refractivity contribution in [1.82, 2.24) is 14.5 Å². The van der Waals surface area contributed by atoms with Gasteiger partial charge in [0.25, 0.3) is 21.8 Å². The molecule has 2 aromatic carbocycles. The number of hydrogen-bond donors (Lipinski definition) is 2. The molecule has 12 heteroatoms. The van der Waals surface area contributed by atoms with Gasteiger partial charge in [-0.25, -0.2) is 8.42 Å². The summed E-state index contributed by atoms with van der Waals surface area (Å²) >= 11 is 1.06. The third-order valence-electron chi connectivity index (χ3n) is 6.00. The van der Waals surface area contributed by atoms with E-state index in [1.165, 1.54) is 17.0 Å². The summed E-state index contributed by atoms with van der Waals surface area (Å²) < 4.78 is 38.6. The summed E-state index contributed by atoms with van der Waals surface area (Å²) in [6, 6.07) is 15.2. The van der Waals surface area contributed by atoms with Crippen LogP contribution in [0.3, 0.4) is 0 Å². The molecule has 1 aromatic heterocycles. The summed E-state index contributed by atoms with van der Waals surface area (Å²) in [5.41, 5.74) is 7.69. The summed E-state index contributed by atoms with van der Waals surface area (Å²) in [5, 5.41) is 4.45. The first kappa shape index (κ1) is 24.3. The molecule has 3 heterocycles. The van der Waals surface area contributed by atoms with E-state index in [4.69, 9.17) is 15.2 Å². The molecule has 1 atom stereocenters. The molecule has 1 saturated heterocycles. The zero-order valence-corrected chi connectivity index (χ0v) is 20.8. The molecule has 10 nitrogen and oxygen atoms in total. The van der Waals surface area contributed by atoms with Gasteiger partial charge in [-0.3, -0.25) is 9.59 Å². The number of benzene rings is 2. The van der Waals surface area contributed by atoms with Gasteiger partial charge >= 0.3 is 0 Å². The number of thiophene rings is 1. The molecule has 5 rings (SSSR count). The predicted octanol–water partition coefficient (Wildman–Crippen LogP) is 1.72. The van der Waals surface area contributed by atoms with Gasteiger partial charge in [-0.15, -0.1) is 11.3 Å². The van der Waals surface area contributed by atoms with Crippen LogP contribution < -0.4 is 20.5 Å². The summed E-state index contributed by atoms with van der Waals surface area (Å²) in [6.45, 7) is 0.604. The first-order valence-corrected chi connectivity index (χ1v) is 13.5. The Labute approximate surface area is 212 Å². The Hall–Kier alpha value is -3.45. The highest BCUT2D eigenvalue weighted by molar-refractivity contribution is 7.91. The minimum absolute atomic E-state index is 0.0166. The molecule has 188 valence electrons. The largest absolute Gasteiger partial charge is 0.454 e. The number of carbonyl (C=O) groups excluding carboxylic acids is 2. The number of ether oxygens (including phenoxy) is 2. The van der Waals surface area contributed by atoms with Crippen molar-refractivity contribution in [2.75, 3.05) is 19.9 Å². The van der Waals surface area contributed by atoms with Gasteiger partial charge in [0.2, 0.25) is 6.79 Å². The molecule has 0 aliphatic carbocycles. The fourth-order valence-corrected chi connectivity index (χ4v) is 6.88. The molecule has 2 aliphatic heterocycles. The smallest absolute Gasteiger partial charge is 0.259 e. The van der Waals surface area contributed by atoms with Crippen molar-refractivity contribution < 1.29 is 27.5 Å². The Balaban J connectivity index is 1.43. The van der Waals surface area contributed by atoms with Crippen molar-refractivity contribution in [2.45, 2.75) is 23.5 Å². The van der Waals surface area contributed by atoms with Crippen LogP contribution in [0.5, 0.6) is 11.5 Å². The molecular weight excluding hydrogens is 504 g/mol. The number of carbonyl (C=O) groups is 2. The van der Waals surface area contributed by atoms with E-state index in [2.05, 4.69) is 5.32 Å². The van der Waals surface area contributed by atoms with Gasteiger partial charge < -0.3 is 25.4 Å². The molecule has 0 radical (unpaired) electrons. The van der Waals surface area contributed by atoms with Crippen LogP contribution in [0, 0.1) is 0 Å². The second kappa shape index (κ2) is 9.90. The van der Waals surface area contributed by atoms with Gasteiger partial charge in [-0.1, -0.05) is 30.3 Å². The lowest BCUT2D eigenvalue weighted by Gasteiger charge is -2.28. The number of nitrogens with two attached hydrogens (primary N) is 1. The average Bonchev–Trinajstić information content (AvgIpc) is 3.67. The van der Waals surface area contributed by atoms with Crippen molar-refractivity contribution in [2.24, 2.45) is 5.73 Å². The number of nitrogens with zero attached hydrogens (tertiary/aromatic N) is 2. The summed E-state index contributed by atoms with van der Waals surface area (Å²) in [5.74, 6) is -0.143. The molecule has 3 aromatic rings. The van der Waals surface area contributed by atoms with Crippen LogP contribution in [-0.4, -0.2) is 55.5 Å². The van der Waals surface area contributed by atoms with Gasteiger partial charge in [0.1, 0.15) is 4.21 Å². The van der Waals surface area contributed by atoms with E-state index < -0.39 is 28.0 Å². The fourth-order valence-electron chi connectivity index (χ4n) is 4.21. The number of hydrogen-bond acceptors (Lipinski definition) is 8. The first-order valence-electron chi connectivity index (χ1n) is 11.2. The Morgan fingerprint density at radius 3 is 2.61 bits per heavy atom. The normalized spacial score (nSPS) is 17.4. The standard InChI is InChI=1S/C24H24N4O6S2/c25-13-16-3-1-4-17(11-16)14-26-22(29)23-27(8-9-28(23)36(31,32)21-5-2-10-35-21)24(30)18-6-7-19-20(12-18)34-15-33-19/h1-7,10-12,23H,8-9,13-15,25H2,(H,26,29). The Kier molecular flexibility index (Phi) is 6.67. The second-order valence-corrected chi connectivity index (χ2v) is 11.3. The number of nitrogens with one attached hydrogen (secondary N) is 1.